The van der Waals surface area contributed by atoms with E-state index in [1.807, 2.05) is 32.0 Å². The SMILES string of the molecule is CC1C/C(=N\OC(=O)C(C)(C)N2CCOCC2)c2cc(Cl)ccc2S1. The molecule has 5 nitrogen and oxygen atoms in total. The van der Waals surface area contributed by atoms with Crippen LogP contribution in [-0.4, -0.2) is 53.7 Å². The van der Waals surface area contributed by atoms with Gasteiger partial charge in [-0.05, 0) is 32.0 Å². The van der Waals surface area contributed by atoms with Crippen LogP contribution in [-0.2, 0) is 14.4 Å². The highest BCUT2D eigenvalue weighted by Crippen LogP contribution is 2.36. The van der Waals surface area contributed by atoms with E-state index in [9.17, 15) is 4.79 Å². The summed E-state index contributed by atoms with van der Waals surface area (Å²) in [5, 5.41) is 5.24. The van der Waals surface area contributed by atoms with Crippen molar-refractivity contribution in [3.63, 3.8) is 0 Å². The lowest BCUT2D eigenvalue weighted by molar-refractivity contribution is -0.159. The van der Waals surface area contributed by atoms with Crippen LogP contribution in [0, 0.1) is 0 Å². The largest absolute Gasteiger partial charge is 0.379 e. The highest BCUT2D eigenvalue weighted by Gasteiger charge is 2.37. The van der Waals surface area contributed by atoms with Crippen molar-refractivity contribution in [3.05, 3.63) is 28.8 Å². The molecule has 2 aliphatic heterocycles. The van der Waals surface area contributed by atoms with Gasteiger partial charge in [0.15, 0.2) is 0 Å². The van der Waals surface area contributed by atoms with E-state index < -0.39 is 5.54 Å². The Morgan fingerprint density at radius 1 is 1.40 bits per heavy atom. The lowest BCUT2D eigenvalue weighted by Crippen LogP contribution is -2.54. The first-order valence-corrected chi connectivity index (χ1v) is 9.71. The number of ether oxygens (including phenoxy) is 1. The smallest absolute Gasteiger partial charge is 0.354 e. The van der Waals surface area contributed by atoms with Gasteiger partial charge in [0.2, 0.25) is 0 Å². The lowest BCUT2D eigenvalue weighted by Gasteiger charge is -2.37. The average molecular weight is 383 g/mol. The zero-order valence-electron chi connectivity index (χ0n) is 14.8. The van der Waals surface area contributed by atoms with Crippen molar-refractivity contribution < 1.29 is 14.4 Å². The summed E-state index contributed by atoms with van der Waals surface area (Å²) in [4.78, 5) is 21.2. The summed E-state index contributed by atoms with van der Waals surface area (Å²) in [5.41, 5.74) is 0.988. The van der Waals surface area contributed by atoms with E-state index >= 15 is 0 Å². The average Bonchev–Trinajstić information content (AvgIpc) is 2.60. The summed E-state index contributed by atoms with van der Waals surface area (Å²) in [6, 6.07) is 5.75. The number of carbonyl (C=O) groups is 1. The van der Waals surface area contributed by atoms with Gasteiger partial charge in [0.05, 0.1) is 18.9 Å². The number of benzene rings is 1. The van der Waals surface area contributed by atoms with Crippen LogP contribution in [0.5, 0.6) is 0 Å². The Morgan fingerprint density at radius 3 is 2.84 bits per heavy atom. The van der Waals surface area contributed by atoms with Crippen molar-refractivity contribution in [3.8, 4) is 0 Å². The Hall–Kier alpha value is -1.08. The molecule has 2 heterocycles. The third-order valence-corrected chi connectivity index (χ3v) is 6.02. The lowest BCUT2D eigenvalue weighted by atomic mass is 10.0. The van der Waals surface area contributed by atoms with Gasteiger partial charge < -0.3 is 9.57 Å². The topological polar surface area (TPSA) is 51.1 Å². The van der Waals surface area contributed by atoms with Crippen LogP contribution in [0.4, 0.5) is 0 Å². The van der Waals surface area contributed by atoms with Crippen molar-refractivity contribution in [2.24, 2.45) is 5.16 Å². The molecule has 1 unspecified atom stereocenters. The second-order valence-corrected chi connectivity index (χ2v) is 8.76. The van der Waals surface area contributed by atoms with Crippen molar-refractivity contribution in [1.82, 2.24) is 4.90 Å². The second-order valence-electron chi connectivity index (χ2n) is 6.85. The maximum Gasteiger partial charge on any atom is 0.354 e. The zero-order chi connectivity index (χ0) is 18.0. The molecule has 1 atom stereocenters. The first kappa shape index (κ1) is 18.7. The number of hydrogen-bond acceptors (Lipinski definition) is 6. The van der Waals surface area contributed by atoms with Gasteiger partial charge in [0.25, 0.3) is 0 Å². The molecule has 1 aromatic rings. The molecule has 0 radical (unpaired) electrons. The quantitative estimate of drug-likeness (QED) is 0.590. The molecule has 136 valence electrons. The first-order chi connectivity index (χ1) is 11.9. The molecular formula is C18H23ClN2O3S. The predicted octanol–water partition coefficient (Wildman–Crippen LogP) is 3.58. The zero-order valence-corrected chi connectivity index (χ0v) is 16.3. The molecule has 7 heteroatoms. The third-order valence-electron chi connectivity index (χ3n) is 4.60. The molecule has 0 N–H and O–H groups in total. The maximum atomic E-state index is 12.6. The molecule has 1 fully saturated rings. The molecule has 0 bridgehead atoms. The van der Waals surface area contributed by atoms with E-state index in [1.165, 1.54) is 0 Å². The monoisotopic (exact) mass is 382 g/mol. The molecule has 3 rings (SSSR count). The fourth-order valence-electron chi connectivity index (χ4n) is 3.02. The van der Waals surface area contributed by atoms with Crippen molar-refractivity contribution in [1.29, 1.82) is 0 Å². The molecule has 0 aliphatic carbocycles. The molecular weight excluding hydrogens is 360 g/mol. The Kier molecular flexibility index (Phi) is 5.73. The Labute approximate surface area is 157 Å². The normalized spacial score (nSPS) is 23.4. The van der Waals surface area contributed by atoms with Crippen LogP contribution in [0.25, 0.3) is 0 Å². The van der Waals surface area contributed by atoms with Crippen LogP contribution in [0.3, 0.4) is 0 Å². The summed E-state index contributed by atoms with van der Waals surface area (Å²) < 4.78 is 5.36. The number of thioether (sulfide) groups is 1. The molecule has 1 aromatic carbocycles. The van der Waals surface area contributed by atoms with E-state index in [4.69, 9.17) is 21.2 Å². The summed E-state index contributed by atoms with van der Waals surface area (Å²) in [5.74, 6) is -0.351. The second kappa shape index (κ2) is 7.66. The predicted molar refractivity (Wildman–Crippen MR) is 100 cm³/mol. The summed E-state index contributed by atoms with van der Waals surface area (Å²) >= 11 is 7.91. The van der Waals surface area contributed by atoms with Gasteiger partial charge >= 0.3 is 5.97 Å². The molecule has 2 aliphatic rings. The Bertz CT molecular complexity index is 687. The molecule has 1 saturated heterocycles. The molecule has 0 amide bonds. The van der Waals surface area contributed by atoms with Gasteiger partial charge in [0.1, 0.15) is 5.54 Å². The van der Waals surface area contributed by atoms with Gasteiger partial charge in [-0.1, -0.05) is 23.7 Å². The van der Waals surface area contributed by atoms with Gasteiger partial charge in [-0.15, -0.1) is 11.8 Å². The van der Waals surface area contributed by atoms with Gasteiger partial charge in [-0.25, -0.2) is 4.79 Å². The number of fused-ring (bicyclic) bond motifs is 1. The minimum absolute atomic E-state index is 0.351. The number of rotatable bonds is 3. The summed E-state index contributed by atoms with van der Waals surface area (Å²) in [6.07, 6.45) is 0.739. The van der Waals surface area contributed by atoms with Gasteiger partial charge in [0, 0.05) is 40.2 Å². The van der Waals surface area contributed by atoms with Crippen molar-refractivity contribution >= 4 is 35.0 Å². The van der Waals surface area contributed by atoms with E-state index in [2.05, 4.69) is 17.0 Å². The van der Waals surface area contributed by atoms with Crippen molar-refractivity contribution in [2.45, 2.75) is 42.9 Å². The minimum Gasteiger partial charge on any atom is -0.379 e. The number of nitrogens with zero attached hydrogens (tertiary/aromatic N) is 2. The minimum atomic E-state index is -0.736. The summed E-state index contributed by atoms with van der Waals surface area (Å²) in [7, 11) is 0. The summed E-state index contributed by atoms with van der Waals surface area (Å²) in [6.45, 7) is 8.56. The van der Waals surface area contributed by atoms with Crippen LogP contribution in [0.15, 0.2) is 28.3 Å². The Balaban J connectivity index is 1.77. The highest BCUT2D eigenvalue weighted by molar-refractivity contribution is 8.00. The standard InChI is InChI=1S/C18H23ClN2O3S/c1-12-10-15(14-11-13(19)4-5-16(14)25-12)20-24-17(22)18(2,3)21-6-8-23-9-7-21/h4-5,11-12H,6-10H2,1-3H3/b20-15+. The van der Waals surface area contributed by atoms with Crippen molar-refractivity contribution in [2.75, 3.05) is 26.3 Å². The highest BCUT2D eigenvalue weighted by atomic mass is 35.5. The maximum absolute atomic E-state index is 12.6. The number of carbonyl (C=O) groups excluding carboxylic acids is 1. The molecule has 25 heavy (non-hydrogen) atoms. The van der Waals surface area contributed by atoms with E-state index in [1.54, 1.807) is 11.8 Å². The number of halogens is 1. The van der Waals surface area contributed by atoms with Crippen LogP contribution >= 0.6 is 23.4 Å². The van der Waals surface area contributed by atoms with E-state index in [-0.39, 0.29) is 5.97 Å². The van der Waals surface area contributed by atoms with E-state index in [0.717, 1.165) is 22.6 Å². The number of oxime groups is 1. The number of morpholine rings is 1. The Morgan fingerprint density at radius 2 is 2.12 bits per heavy atom. The van der Waals surface area contributed by atoms with E-state index in [0.29, 0.717) is 36.6 Å². The van der Waals surface area contributed by atoms with Crippen LogP contribution in [0.2, 0.25) is 5.02 Å². The fourth-order valence-corrected chi connectivity index (χ4v) is 4.31. The molecule has 0 spiro atoms. The number of hydrogen-bond donors (Lipinski definition) is 0. The van der Waals surface area contributed by atoms with Crippen LogP contribution in [0.1, 0.15) is 32.8 Å². The molecule has 0 aromatic heterocycles. The molecule has 0 saturated carbocycles. The fraction of sp³-hybridized carbons (Fsp3) is 0.556. The van der Waals surface area contributed by atoms with Gasteiger partial charge in [-0.3, -0.25) is 4.90 Å². The first-order valence-electron chi connectivity index (χ1n) is 8.45. The van der Waals surface area contributed by atoms with Crippen LogP contribution < -0.4 is 0 Å². The van der Waals surface area contributed by atoms with Gasteiger partial charge in [-0.2, -0.15) is 0 Å². The third kappa shape index (κ3) is 4.19.